The number of aryl methyl sites for hydroxylation is 1. The SMILES string of the molecule is CC(O)(CNc1cccc2c1CCCC2)C(=O)O. The summed E-state index contributed by atoms with van der Waals surface area (Å²) in [5.74, 6) is -1.21. The minimum absolute atomic E-state index is 0.0127. The number of carboxylic acid groups (broad SMARTS) is 1. The number of aliphatic carboxylic acids is 1. The molecule has 0 spiro atoms. The summed E-state index contributed by atoms with van der Waals surface area (Å²) < 4.78 is 0. The molecule has 0 saturated heterocycles. The lowest BCUT2D eigenvalue weighted by atomic mass is 9.90. The predicted octanol–water partition coefficient (Wildman–Crippen LogP) is 1.81. The first-order valence-corrected chi connectivity index (χ1v) is 6.31. The van der Waals surface area contributed by atoms with Gasteiger partial charge in [0.1, 0.15) is 0 Å². The highest BCUT2D eigenvalue weighted by Gasteiger charge is 2.29. The fourth-order valence-corrected chi connectivity index (χ4v) is 2.29. The molecule has 0 aliphatic heterocycles. The van der Waals surface area contributed by atoms with Gasteiger partial charge in [-0.15, -0.1) is 0 Å². The van der Waals surface area contributed by atoms with Crippen LogP contribution >= 0.6 is 0 Å². The molecule has 0 saturated carbocycles. The van der Waals surface area contributed by atoms with Gasteiger partial charge < -0.3 is 15.5 Å². The molecule has 1 aliphatic rings. The van der Waals surface area contributed by atoms with E-state index < -0.39 is 11.6 Å². The van der Waals surface area contributed by atoms with Crippen molar-refractivity contribution in [3.05, 3.63) is 29.3 Å². The van der Waals surface area contributed by atoms with Gasteiger partial charge in [-0.2, -0.15) is 0 Å². The van der Waals surface area contributed by atoms with Crippen LogP contribution in [0.4, 0.5) is 5.69 Å². The molecule has 0 aromatic heterocycles. The van der Waals surface area contributed by atoms with E-state index in [1.165, 1.54) is 30.9 Å². The zero-order chi connectivity index (χ0) is 13.2. The maximum absolute atomic E-state index is 10.8. The maximum atomic E-state index is 10.8. The Morgan fingerprint density at radius 2 is 2.11 bits per heavy atom. The number of hydrogen-bond acceptors (Lipinski definition) is 3. The van der Waals surface area contributed by atoms with Crippen molar-refractivity contribution in [3.8, 4) is 0 Å². The lowest BCUT2D eigenvalue weighted by Crippen LogP contribution is -2.42. The molecular formula is C14H19NO3. The van der Waals surface area contributed by atoms with Gasteiger partial charge in [-0.1, -0.05) is 12.1 Å². The molecule has 1 aromatic carbocycles. The second-order valence-corrected chi connectivity index (χ2v) is 5.08. The van der Waals surface area contributed by atoms with E-state index in [0.717, 1.165) is 18.5 Å². The van der Waals surface area contributed by atoms with Crippen molar-refractivity contribution >= 4 is 11.7 Å². The van der Waals surface area contributed by atoms with Gasteiger partial charge in [0.25, 0.3) is 0 Å². The zero-order valence-corrected chi connectivity index (χ0v) is 10.6. The van der Waals surface area contributed by atoms with Crippen molar-refractivity contribution in [2.24, 2.45) is 0 Å². The summed E-state index contributed by atoms with van der Waals surface area (Å²) >= 11 is 0. The molecule has 3 N–H and O–H groups in total. The summed E-state index contributed by atoms with van der Waals surface area (Å²) in [5, 5.41) is 21.6. The van der Waals surface area contributed by atoms with Crippen LogP contribution in [-0.4, -0.2) is 28.3 Å². The van der Waals surface area contributed by atoms with Crippen LogP contribution in [0.5, 0.6) is 0 Å². The number of benzene rings is 1. The molecule has 0 fully saturated rings. The van der Waals surface area contributed by atoms with Crippen LogP contribution in [0.2, 0.25) is 0 Å². The number of aliphatic hydroxyl groups is 1. The number of nitrogens with one attached hydrogen (secondary N) is 1. The summed E-state index contributed by atoms with van der Waals surface area (Å²) in [6.07, 6.45) is 4.48. The molecule has 0 radical (unpaired) electrons. The molecule has 98 valence electrons. The van der Waals surface area contributed by atoms with Crippen LogP contribution < -0.4 is 5.32 Å². The topological polar surface area (TPSA) is 69.6 Å². The van der Waals surface area contributed by atoms with E-state index >= 15 is 0 Å². The Kier molecular flexibility index (Phi) is 3.57. The average molecular weight is 249 g/mol. The molecule has 1 unspecified atom stereocenters. The Morgan fingerprint density at radius 3 is 2.83 bits per heavy atom. The van der Waals surface area contributed by atoms with Crippen LogP contribution in [0.15, 0.2) is 18.2 Å². The minimum atomic E-state index is -1.74. The molecular weight excluding hydrogens is 230 g/mol. The normalized spacial score (nSPS) is 17.7. The number of anilines is 1. The van der Waals surface area contributed by atoms with Gasteiger partial charge in [0, 0.05) is 5.69 Å². The van der Waals surface area contributed by atoms with Crippen LogP contribution in [0, 0.1) is 0 Å². The molecule has 18 heavy (non-hydrogen) atoms. The smallest absolute Gasteiger partial charge is 0.337 e. The molecule has 1 aliphatic carbocycles. The molecule has 4 nitrogen and oxygen atoms in total. The van der Waals surface area contributed by atoms with Gasteiger partial charge in [-0.3, -0.25) is 0 Å². The van der Waals surface area contributed by atoms with Gasteiger partial charge in [0.15, 0.2) is 5.60 Å². The number of carboxylic acids is 1. The maximum Gasteiger partial charge on any atom is 0.337 e. The number of hydrogen-bond donors (Lipinski definition) is 3. The highest BCUT2D eigenvalue weighted by Crippen LogP contribution is 2.28. The molecule has 4 heteroatoms. The standard InChI is InChI=1S/C14H19NO3/c1-14(18,13(16)17)9-15-12-8-4-6-10-5-2-3-7-11(10)12/h4,6,8,15,18H,2-3,5,7,9H2,1H3,(H,16,17). The van der Waals surface area contributed by atoms with Crippen LogP contribution in [0.1, 0.15) is 30.9 Å². The minimum Gasteiger partial charge on any atom is -0.479 e. The summed E-state index contributed by atoms with van der Waals surface area (Å²) in [5.41, 5.74) is 1.82. The highest BCUT2D eigenvalue weighted by atomic mass is 16.4. The number of carbonyl (C=O) groups is 1. The van der Waals surface area contributed by atoms with Crippen molar-refractivity contribution < 1.29 is 15.0 Å². The van der Waals surface area contributed by atoms with Crippen molar-refractivity contribution in [2.75, 3.05) is 11.9 Å². The van der Waals surface area contributed by atoms with E-state index in [1.54, 1.807) is 0 Å². The first-order chi connectivity index (χ1) is 8.50. The van der Waals surface area contributed by atoms with Gasteiger partial charge in [0.2, 0.25) is 0 Å². The Hall–Kier alpha value is -1.55. The van der Waals surface area contributed by atoms with Crippen molar-refractivity contribution in [1.82, 2.24) is 0 Å². The van der Waals surface area contributed by atoms with Crippen molar-refractivity contribution in [1.29, 1.82) is 0 Å². The molecule has 0 heterocycles. The van der Waals surface area contributed by atoms with Crippen LogP contribution in [0.3, 0.4) is 0 Å². The first-order valence-electron chi connectivity index (χ1n) is 6.31. The highest BCUT2D eigenvalue weighted by molar-refractivity contribution is 5.77. The monoisotopic (exact) mass is 249 g/mol. The molecule has 0 amide bonds. The third kappa shape index (κ3) is 2.64. The van der Waals surface area contributed by atoms with Crippen molar-refractivity contribution in [2.45, 2.75) is 38.2 Å². The largest absolute Gasteiger partial charge is 0.479 e. The average Bonchev–Trinajstić information content (AvgIpc) is 2.36. The van der Waals surface area contributed by atoms with E-state index in [0.29, 0.717) is 0 Å². The molecule has 0 bridgehead atoms. The van der Waals surface area contributed by atoms with Gasteiger partial charge in [-0.05, 0) is 49.8 Å². The van der Waals surface area contributed by atoms with Crippen molar-refractivity contribution in [3.63, 3.8) is 0 Å². The number of fused-ring (bicyclic) bond motifs is 1. The predicted molar refractivity (Wildman–Crippen MR) is 69.8 cm³/mol. The molecule has 2 rings (SSSR count). The lowest BCUT2D eigenvalue weighted by molar-refractivity contribution is -0.155. The third-order valence-corrected chi connectivity index (χ3v) is 3.48. The van der Waals surface area contributed by atoms with E-state index in [1.807, 2.05) is 12.1 Å². The quantitative estimate of drug-likeness (QED) is 0.761. The van der Waals surface area contributed by atoms with E-state index in [4.69, 9.17) is 5.11 Å². The van der Waals surface area contributed by atoms with E-state index in [9.17, 15) is 9.90 Å². The van der Waals surface area contributed by atoms with Gasteiger partial charge in [-0.25, -0.2) is 4.79 Å². The lowest BCUT2D eigenvalue weighted by Gasteiger charge is -2.23. The summed E-state index contributed by atoms with van der Waals surface area (Å²) in [7, 11) is 0. The molecule has 1 aromatic rings. The van der Waals surface area contributed by atoms with Gasteiger partial charge in [0.05, 0.1) is 6.54 Å². The van der Waals surface area contributed by atoms with Crippen LogP contribution in [-0.2, 0) is 17.6 Å². The second-order valence-electron chi connectivity index (χ2n) is 5.08. The molecule has 1 atom stereocenters. The Morgan fingerprint density at radius 1 is 1.39 bits per heavy atom. The van der Waals surface area contributed by atoms with E-state index in [2.05, 4.69) is 11.4 Å². The second kappa shape index (κ2) is 4.98. The fourth-order valence-electron chi connectivity index (χ4n) is 2.29. The Labute approximate surface area is 107 Å². The fraction of sp³-hybridized carbons (Fsp3) is 0.500. The third-order valence-electron chi connectivity index (χ3n) is 3.48. The van der Waals surface area contributed by atoms with E-state index in [-0.39, 0.29) is 6.54 Å². The number of rotatable bonds is 4. The summed E-state index contributed by atoms with van der Waals surface area (Å²) in [4.78, 5) is 10.8. The first kappa shape index (κ1) is 12.9. The summed E-state index contributed by atoms with van der Waals surface area (Å²) in [6.45, 7) is 1.32. The Balaban J connectivity index is 2.13. The van der Waals surface area contributed by atoms with Gasteiger partial charge >= 0.3 is 5.97 Å². The van der Waals surface area contributed by atoms with Crippen LogP contribution in [0.25, 0.3) is 0 Å². The Bertz CT molecular complexity index is 454. The summed E-state index contributed by atoms with van der Waals surface area (Å²) in [6, 6.07) is 6.04. The zero-order valence-electron chi connectivity index (χ0n) is 10.6.